The molecule has 0 aliphatic rings. The third-order valence-corrected chi connectivity index (χ3v) is 3.54. The van der Waals surface area contributed by atoms with Crippen LogP contribution in [0.15, 0.2) is 22.7 Å². The van der Waals surface area contributed by atoms with Gasteiger partial charge in [-0.2, -0.15) is 0 Å². The highest BCUT2D eigenvalue weighted by Crippen LogP contribution is 2.26. The smallest absolute Gasteiger partial charge is 0.133 e. The number of hydrogen-bond donors (Lipinski definition) is 0. The molecule has 0 heterocycles. The Hall–Kier alpha value is -0.100. The number of benzene rings is 1. The van der Waals surface area contributed by atoms with E-state index in [1.54, 1.807) is 7.11 Å². The lowest BCUT2D eigenvalue weighted by molar-refractivity contribution is 0.0644. The van der Waals surface area contributed by atoms with Crippen molar-refractivity contribution in [2.24, 2.45) is 0 Å². The topological polar surface area (TPSA) is 27.7 Å². The van der Waals surface area contributed by atoms with Crippen molar-refractivity contribution in [1.82, 2.24) is 0 Å². The van der Waals surface area contributed by atoms with Crippen LogP contribution in [0.5, 0.6) is 5.75 Å². The number of hydrogen-bond acceptors (Lipinski definition) is 3. The zero-order chi connectivity index (χ0) is 13.2. The van der Waals surface area contributed by atoms with E-state index in [0.717, 1.165) is 22.0 Å². The number of alkyl halides is 1. The summed E-state index contributed by atoms with van der Waals surface area (Å²) in [5.41, 5.74) is 1.22. The van der Waals surface area contributed by atoms with E-state index < -0.39 is 0 Å². The van der Waals surface area contributed by atoms with Crippen molar-refractivity contribution in [3.8, 4) is 5.75 Å². The number of rotatable bonds is 9. The zero-order valence-corrected chi connectivity index (χ0v) is 13.6. The molecule has 1 rings (SSSR count). The van der Waals surface area contributed by atoms with E-state index in [1.165, 1.54) is 5.56 Å². The molecule has 1 aromatic rings. The van der Waals surface area contributed by atoms with E-state index in [0.29, 0.717) is 26.4 Å². The van der Waals surface area contributed by atoms with E-state index >= 15 is 0 Å². The van der Waals surface area contributed by atoms with Gasteiger partial charge in [-0.25, -0.2) is 0 Å². The highest BCUT2D eigenvalue weighted by Gasteiger charge is 2.02. The lowest BCUT2D eigenvalue weighted by Gasteiger charge is -2.09. The molecule has 0 amide bonds. The third kappa shape index (κ3) is 6.18. The van der Waals surface area contributed by atoms with Crippen LogP contribution in [-0.4, -0.2) is 33.5 Å². The van der Waals surface area contributed by atoms with Gasteiger partial charge in [0.1, 0.15) is 5.75 Å². The van der Waals surface area contributed by atoms with E-state index in [1.807, 2.05) is 12.1 Å². The summed E-state index contributed by atoms with van der Waals surface area (Å²) < 4.78 is 16.9. The van der Waals surface area contributed by atoms with E-state index in [-0.39, 0.29) is 0 Å². The summed E-state index contributed by atoms with van der Waals surface area (Å²) in [6, 6.07) is 6.08. The van der Waals surface area contributed by atoms with Crippen LogP contribution in [0.25, 0.3) is 0 Å². The van der Waals surface area contributed by atoms with Gasteiger partial charge in [0, 0.05) is 25.5 Å². The lowest BCUT2D eigenvalue weighted by atomic mass is 10.2. The van der Waals surface area contributed by atoms with Crippen LogP contribution in [0.4, 0.5) is 0 Å². The molecule has 0 aliphatic heterocycles. The highest BCUT2D eigenvalue weighted by molar-refractivity contribution is 9.10. The number of methoxy groups -OCH3 is 1. The summed E-state index contributed by atoms with van der Waals surface area (Å²) >= 11 is 6.92. The van der Waals surface area contributed by atoms with Crippen molar-refractivity contribution in [1.29, 1.82) is 0 Å². The molecule has 0 aliphatic carbocycles. The molecular formula is C13H18Br2O3. The monoisotopic (exact) mass is 380 g/mol. The van der Waals surface area contributed by atoms with Crippen molar-refractivity contribution in [2.75, 3.05) is 33.5 Å². The van der Waals surface area contributed by atoms with Gasteiger partial charge in [0.05, 0.1) is 24.3 Å². The average Bonchev–Trinajstić information content (AvgIpc) is 2.39. The van der Waals surface area contributed by atoms with E-state index in [2.05, 4.69) is 37.9 Å². The molecule has 102 valence electrons. The average molecular weight is 382 g/mol. The van der Waals surface area contributed by atoms with Crippen molar-refractivity contribution < 1.29 is 14.2 Å². The molecule has 0 N–H and O–H groups in total. The predicted molar refractivity (Wildman–Crippen MR) is 79.6 cm³/mol. The fourth-order valence-corrected chi connectivity index (χ4v) is 2.22. The Kier molecular flexibility index (Phi) is 8.67. The minimum absolute atomic E-state index is 0.639. The second-order valence-electron chi connectivity index (χ2n) is 3.71. The maximum atomic E-state index is 5.67. The third-order valence-electron chi connectivity index (χ3n) is 2.27. The largest absolute Gasteiger partial charge is 0.492 e. The molecule has 3 nitrogen and oxygen atoms in total. The van der Waals surface area contributed by atoms with Gasteiger partial charge in [-0.3, -0.25) is 0 Å². The SMILES string of the molecule is COCCOCCCOc1ccc(CBr)cc1Br. The van der Waals surface area contributed by atoms with E-state index in [9.17, 15) is 0 Å². The Balaban J connectivity index is 2.19. The van der Waals surface area contributed by atoms with Crippen LogP contribution in [0.2, 0.25) is 0 Å². The molecule has 0 unspecified atom stereocenters. The Bertz CT molecular complexity index is 345. The second kappa shape index (κ2) is 9.78. The van der Waals surface area contributed by atoms with Crippen LogP contribution in [0, 0.1) is 0 Å². The minimum Gasteiger partial charge on any atom is -0.492 e. The Morgan fingerprint density at radius 2 is 1.94 bits per heavy atom. The molecular weight excluding hydrogens is 364 g/mol. The fraction of sp³-hybridized carbons (Fsp3) is 0.538. The first-order valence-corrected chi connectivity index (χ1v) is 7.73. The molecule has 0 bridgehead atoms. The van der Waals surface area contributed by atoms with Gasteiger partial charge in [0.25, 0.3) is 0 Å². The molecule has 0 atom stereocenters. The van der Waals surface area contributed by atoms with Crippen molar-refractivity contribution >= 4 is 31.9 Å². The van der Waals surface area contributed by atoms with Crippen molar-refractivity contribution in [3.63, 3.8) is 0 Å². The van der Waals surface area contributed by atoms with Gasteiger partial charge in [0.2, 0.25) is 0 Å². The molecule has 0 saturated carbocycles. The quantitative estimate of drug-likeness (QED) is 0.481. The first kappa shape index (κ1) is 16.0. The minimum atomic E-state index is 0.639. The molecule has 18 heavy (non-hydrogen) atoms. The van der Waals surface area contributed by atoms with Crippen molar-refractivity contribution in [3.05, 3.63) is 28.2 Å². The summed E-state index contributed by atoms with van der Waals surface area (Å²) in [5, 5.41) is 0.846. The summed E-state index contributed by atoms with van der Waals surface area (Å²) in [6.07, 6.45) is 0.871. The van der Waals surface area contributed by atoms with Crippen LogP contribution in [0.1, 0.15) is 12.0 Å². The molecule has 0 spiro atoms. The number of ether oxygens (including phenoxy) is 3. The van der Waals surface area contributed by atoms with Gasteiger partial charge in [0.15, 0.2) is 0 Å². The molecule has 5 heteroatoms. The first-order valence-electron chi connectivity index (χ1n) is 5.81. The zero-order valence-electron chi connectivity index (χ0n) is 10.5. The first-order chi connectivity index (χ1) is 8.77. The molecule has 0 radical (unpaired) electrons. The normalized spacial score (nSPS) is 10.6. The van der Waals surface area contributed by atoms with Gasteiger partial charge in [-0.15, -0.1) is 0 Å². The summed E-state index contributed by atoms with van der Waals surface area (Å²) in [7, 11) is 1.67. The summed E-state index contributed by atoms with van der Waals surface area (Å²) in [6.45, 7) is 2.63. The Morgan fingerprint density at radius 1 is 1.11 bits per heavy atom. The van der Waals surface area contributed by atoms with E-state index in [4.69, 9.17) is 14.2 Å². The van der Waals surface area contributed by atoms with Crippen LogP contribution in [0.3, 0.4) is 0 Å². The van der Waals surface area contributed by atoms with Crippen LogP contribution < -0.4 is 4.74 Å². The van der Waals surface area contributed by atoms with Crippen LogP contribution in [-0.2, 0) is 14.8 Å². The molecule has 0 saturated heterocycles. The lowest BCUT2D eigenvalue weighted by Crippen LogP contribution is -2.07. The fourth-order valence-electron chi connectivity index (χ4n) is 1.33. The highest BCUT2D eigenvalue weighted by atomic mass is 79.9. The van der Waals surface area contributed by atoms with Crippen LogP contribution >= 0.6 is 31.9 Å². The predicted octanol–water partition coefficient (Wildman–Crippen LogP) is 3.78. The van der Waals surface area contributed by atoms with Crippen molar-refractivity contribution in [2.45, 2.75) is 11.8 Å². The number of halogens is 2. The maximum Gasteiger partial charge on any atom is 0.133 e. The van der Waals surface area contributed by atoms with Gasteiger partial charge >= 0.3 is 0 Å². The molecule has 0 aromatic heterocycles. The van der Waals surface area contributed by atoms with Gasteiger partial charge in [-0.05, 0) is 33.6 Å². The maximum absolute atomic E-state index is 5.67. The van der Waals surface area contributed by atoms with Gasteiger partial charge < -0.3 is 14.2 Å². The molecule has 0 fully saturated rings. The Labute approximate surface area is 125 Å². The summed E-state index contributed by atoms with van der Waals surface area (Å²) in [5.74, 6) is 0.872. The summed E-state index contributed by atoms with van der Waals surface area (Å²) in [4.78, 5) is 0. The second-order valence-corrected chi connectivity index (χ2v) is 5.12. The van der Waals surface area contributed by atoms with Gasteiger partial charge in [-0.1, -0.05) is 22.0 Å². The Morgan fingerprint density at radius 3 is 2.61 bits per heavy atom. The standard InChI is InChI=1S/C13H18Br2O3/c1-16-7-8-17-5-2-6-18-13-4-3-11(10-14)9-12(13)15/h3-4,9H,2,5-8,10H2,1H3. The molecule has 1 aromatic carbocycles.